The first kappa shape index (κ1) is 23.0. The minimum Gasteiger partial charge on any atom is -0.497 e. The Bertz CT molecular complexity index is 856. The summed E-state index contributed by atoms with van der Waals surface area (Å²) < 4.78 is 5.23. The molecule has 166 valence electrons. The van der Waals surface area contributed by atoms with Crippen LogP contribution in [0.25, 0.3) is 0 Å². The zero-order valence-corrected chi connectivity index (χ0v) is 19.4. The average molecular weight is 441 g/mol. The number of hydrogen-bond acceptors (Lipinski definition) is 4. The van der Waals surface area contributed by atoms with Gasteiger partial charge in [0.15, 0.2) is 5.96 Å². The van der Waals surface area contributed by atoms with Crippen LogP contribution >= 0.6 is 11.8 Å². The molecule has 0 bridgehead atoms. The summed E-state index contributed by atoms with van der Waals surface area (Å²) in [5.41, 5.74) is 1.11. The molecule has 0 aromatic heterocycles. The molecular weight excluding hydrogens is 408 g/mol. The van der Waals surface area contributed by atoms with Gasteiger partial charge in [-0.05, 0) is 42.2 Å². The number of carbonyl (C=O) groups excluding carboxylic acids is 1. The Morgan fingerprint density at radius 2 is 1.94 bits per heavy atom. The first-order valence-electron chi connectivity index (χ1n) is 10.6. The molecule has 7 heteroatoms. The van der Waals surface area contributed by atoms with Crippen LogP contribution in [-0.4, -0.2) is 68.3 Å². The molecule has 2 aromatic carbocycles. The van der Waals surface area contributed by atoms with E-state index >= 15 is 0 Å². The third-order valence-electron chi connectivity index (χ3n) is 5.28. The van der Waals surface area contributed by atoms with E-state index in [-0.39, 0.29) is 12.5 Å². The molecular formula is C24H32N4O2S. The van der Waals surface area contributed by atoms with Crippen LogP contribution < -0.4 is 10.1 Å². The number of thioether (sulfide) groups is 1. The number of likely N-dealkylation sites (tertiary alicyclic amines) is 1. The molecule has 0 saturated carbocycles. The number of likely N-dealkylation sites (N-methyl/N-ethyl adjacent to an activating group) is 1. The second-order valence-corrected chi connectivity index (χ2v) is 8.95. The molecule has 2 aromatic rings. The van der Waals surface area contributed by atoms with Crippen LogP contribution in [0.2, 0.25) is 0 Å². The fourth-order valence-corrected chi connectivity index (χ4v) is 4.42. The van der Waals surface area contributed by atoms with Gasteiger partial charge < -0.3 is 19.9 Å². The highest BCUT2D eigenvalue weighted by Crippen LogP contribution is 2.26. The lowest BCUT2D eigenvalue weighted by Gasteiger charge is -2.23. The van der Waals surface area contributed by atoms with E-state index in [0.29, 0.717) is 12.5 Å². The molecule has 31 heavy (non-hydrogen) atoms. The number of benzene rings is 2. The van der Waals surface area contributed by atoms with Gasteiger partial charge in [-0.15, -0.1) is 11.8 Å². The number of rotatable bonds is 8. The van der Waals surface area contributed by atoms with E-state index in [1.165, 1.54) is 4.90 Å². The van der Waals surface area contributed by atoms with Gasteiger partial charge >= 0.3 is 0 Å². The predicted octanol–water partition coefficient (Wildman–Crippen LogP) is 3.34. The summed E-state index contributed by atoms with van der Waals surface area (Å²) in [4.78, 5) is 22.1. The number of carbonyl (C=O) groups is 1. The van der Waals surface area contributed by atoms with Gasteiger partial charge in [0.05, 0.1) is 20.2 Å². The molecule has 0 aliphatic carbocycles. The van der Waals surface area contributed by atoms with Gasteiger partial charge in [0.2, 0.25) is 5.91 Å². The van der Waals surface area contributed by atoms with Crippen LogP contribution in [0.15, 0.2) is 64.5 Å². The van der Waals surface area contributed by atoms with E-state index in [1.807, 2.05) is 42.1 Å². The molecule has 3 rings (SSSR count). The molecule has 1 fully saturated rings. The van der Waals surface area contributed by atoms with Crippen molar-refractivity contribution in [2.24, 2.45) is 10.9 Å². The Kier molecular flexibility index (Phi) is 8.64. The van der Waals surface area contributed by atoms with Crippen molar-refractivity contribution in [3.05, 3.63) is 60.2 Å². The summed E-state index contributed by atoms with van der Waals surface area (Å²) in [7, 11) is 5.20. The van der Waals surface area contributed by atoms with Crippen molar-refractivity contribution in [3.63, 3.8) is 0 Å². The van der Waals surface area contributed by atoms with E-state index in [2.05, 4.69) is 34.5 Å². The van der Waals surface area contributed by atoms with Gasteiger partial charge in [-0.2, -0.15) is 0 Å². The van der Waals surface area contributed by atoms with Crippen molar-refractivity contribution in [2.45, 2.75) is 17.9 Å². The molecule has 1 amide bonds. The largest absolute Gasteiger partial charge is 0.497 e. The summed E-state index contributed by atoms with van der Waals surface area (Å²) in [6, 6.07) is 18.5. The number of ether oxygens (including phenoxy) is 1. The molecule has 0 radical (unpaired) electrons. The SMILES string of the molecule is COc1ccc(CN=C(NCC(=O)N(C)C)N2CCC(CSc3ccccc3)C2)cc1. The second-order valence-electron chi connectivity index (χ2n) is 7.85. The Morgan fingerprint density at radius 3 is 2.61 bits per heavy atom. The molecule has 1 N–H and O–H groups in total. The van der Waals surface area contributed by atoms with Crippen molar-refractivity contribution in [2.75, 3.05) is 46.6 Å². The van der Waals surface area contributed by atoms with Crippen LogP contribution in [0.4, 0.5) is 0 Å². The molecule has 1 unspecified atom stereocenters. The van der Waals surface area contributed by atoms with E-state index in [1.54, 1.807) is 26.1 Å². The maximum atomic E-state index is 12.1. The van der Waals surface area contributed by atoms with Crippen LogP contribution in [0.3, 0.4) is 0 Å². The Hall–Kier alpha value is -2.67. The van der Waals surface area contributed by atoms with Crippen molar-refractivity contribution >= 4 is 23.6 Å². The predicted molar refractivity (Wildman–Crippen MR) is 128 cm³/mol. The van der Waals surface area contributed by atoms with Gasteiger partial charge in [0.1, 0.15) is 5.75 Å². The topological polar surface area (TPSA) is 57.2 Å². The van der Waals surface area contributed by atoms with Crippen LogP contribution in [0.5, 0.6) is 5.75 Å². The van der Waals surface area contributed by atoms with Crippen molar-refractivity contribution in [3.8, 4) is 5.75 Å². The van der Waals surface area contributed by atoms with Crippen LogP contribution in [-0.2, 0) is 11.3 Å². The molecule has 1 heterocycles. The maximum Gasteiger partial charge on any atom is 0.241 e. The van der Waals surface area contributed by atoms with Crippen LogP contribution in [0, 0.1) is 5.92 Å². The number of amides is 1. The van der Waals surface area contributed by atoms with E-state index in [9.17, 15) is 4.79 Å². The smallest absolute Gasteiger partial charge is 0.241 e. The highest BCUT2D eigenvalue weighted by Gasteiger charge is 2.25. The number of hydrogen-bond donors (Lipinski definition) is 1. The number of aliphatic imine (C=N–C) groups is 1. The lowest BCUT2D eigenvalue weighted by Crippen LogP contribution is -2.44. The molecule has 1 saturated heterocycles. The van der Waals surface area contributed by atoms with Crippen molar-refractivity contribution in [1.82, 2.24) is 15.1 Å². The number of guanidine groups is 1. The Labute approximate surface area is 189 Å². The third kappa shape index (κ3) is 7.21. The average Bonchev–Trinajstić information content (AvgIpc) is 3.27. The molecule has 1 aliphatic rings. The summed E-state index contributed by atoms with van der Waals surface area (Å²) in [5, 5.41) is 3.28. The van der Waals surface area contributed by atoms with Crippen molar-refractivity contribution < 1.29 is 9.53 Å². The van der Waals surface area contributed by atoms with Gasteiger partial charge in [0.25, 0.3) is 0 Å². The standard InChI is InChI=1S/C24H32N4O2S/c1-27(2)23(29)16-26-24(25-15-19-9-11-21(30-3)12-10-19)28-14-13-20(17-28)18-31-22-7-5-4-6-8-22/h4-12,20H,13-18H2,1-3H3,(H,25,26). The Morgan fingerprint density at radius 1 is 1.19 bits per heavy atom. The summed E-state index contributed by atoms with van der Waals surface area (Å²) in [5.74, 6) is 3.36. The highest BCUT2D eigenvalue weighted by atomic mass is 32.2. The quantitative estimate of drug-likeness (QED) is 0.388. The van der Waals surface area contributed by atoms with E-state index in [4.69, 9.17) is 9.73 Å². The van der Waals surface area contributed by atoms with E-state index in [0.717, 1.165) is 42.5 Å². The maximum absolute atomic E-state index is 12.1. The number of methoxy groups -OCH3 is 1. The number of nitrogens with one attached hydrogen (secondary N) is 1. The zero-order valence-electron chi connectivity index (χ0n) is 18.6. The fourth-order valence-electron chi connectivity index (χ4n) is 3.37. The second kappa shape index (κ2) is 11.6. The fraction of sp³-hybridized carbons (Fsp3) is 0.417. The van der Waals surface area contributed by atoms with Gasteiger partial charge in [-0.3, -0.25) is 4.79 Å². The highest BCUT2D eigenvalue weighted by molar-refractivity contribution is 7.99. The molecule has 6 nitrogen and oxygen atoms in total. The van der Waals surface area contributed by atoms with Gasteiger partial charge in [-0.25, -0.2) is 4.99 Å². The summed E-state index contributed by atoms with van der Waals surface area (Å²) >= 11 is 1.91. The first-order chi connectivity index (χ1) is 15.0. The Balaban J connectivity index is 1.61. The van der Waals surface area contributed by atoms with E-state index < -0.39 is 0 Å². The molecule has 0 spiro atoms. The van der Waals surface area contributed by atoms with Gasteiger partial charge in [0, 0.05) is 37.8 Å². The minimum absolute atomic E-state index is 0.0347. The lowest BCUT2D eigenvalue weighted by molar-refractivity contribution is -0.127. The van der Waals surface area contributed by atoms with Crippen LogP contribution in [0.1, 0.15) is 12.0 Å². The molecule has 1 aliphatic heterocycles. The third-order valence-corrected chi connectivity index (χ3v) is 6.52. The zero-order chi connectivity index (χ0) is 22.1. The summed E-state index contributed by atoms with van der Waals surface area (Å²) in [6.45, 7) is 2.70. The normalized spacial score (nSPS) is 16.3. The van der Waals surface area contributed by atoms with Crippen molar-refractivity contribution in [1.29, 1.82) is 0 Å². The minimum atomic E-state index is 0.0347. The monoisotopic (exact) mass is 440 g/mol. The lowest BCUT2D eigenvalue weighted by atomic mass is 10.2. The first-order valence-corrected chi connectivity index (χ1v) is 11.6. The number of nitrogens with zero attached hydrogens (tertiary/aromatic N) is 3. The van der Waals surface area contributed by atoms with Gasteiger partial charge in [-0.1, -0.05) is 30.3 Å². The summed E-state index contributed by atoms with van der Waals surface area (Å²) in [6.07, 6.45) is 1.13. The molecule has 1 atom stereocenters.